The zero-order valence-corrected chi connectivity index (χ0v) is 7.88. The highest BCUT2D eigenvalue weighted by Crippen LogP contribution is 2.21. The van der Waals surface area contributed by atoms with Crippen molar-refractivity contribution in [3.63, 3.8) is 0 Å². The van der Waals surface area contributed by atoms with Crippen molar-refractivity contribution in [3.05, 3.63) is 11.1 Å². The molecular formula is C10H16N2. The molecule has 2 heteroatoms. The van der Waals surface area contributed by atoms with Gasteiger partial charge >= 0.3 is 0 Å². The van der Waals surface area contributed by atoms with Gasteiger partial charge in [0.2, 0.25) is 0 Å². The van der Waals surface area contributed by atoms with Crippen molar-refractivity contribution >= 4 is 6.21 Å². The maximum absolute atomic E-state index is 4.30. The Kier molecular flexibility index (Phi) is 2.01. The predicted octanol–water partition coefficient (Wildman–Crippen LogP) is 1.48. The van der Waals surface area contributed by atoms with Crippen molar-refractivity contribution in [3.8, 4) is 0 Å². The largest absolute Gasteiger partial charge is 0.297 e. The van der Waals surface area contributed by atoms with Gasteiger partial charge in [-0.25, -0.2) is 0 Å². The smallest absolute Gasteiger partial charge is 0.0618 e. The fourth-order valence-corrected chi connectivity index (χ4v) is 1.88. The molecule has 12 heavy (non-hydrogen) atoms. The van der Waals surface area contributed by atoms with Crippen LogP contribution in [0.3, 0.4) is 0 Å². The van der Waals surface area contributed by atoms with E-state index in [2.05, 4.69) is 30.0 Å². The lowest BCUT2D eigenvalue weighted by molar-refractivity contribution is 0.234. The van der Waals surface area contributed by atoms with Crippen LogP contribution in [0.25, 0.3) is 0 Å². The average Bonchev–Trinajstić information content (AvgIpc) is 2.49. The van der Waals surface area contributed by atoms with Crippen molar-refractivity contribution in [1.29, 1.82) is 0 Å². The molecule has 0 aliphatic carbocycles. The van der Waals surface area contributed by atoms with E-state index in [1.165, 1.54) is 18.5 Å². The molecule has 2 rings (SSSR count). The lowest BCUT2D eigenvalue weighted by atomic mass is 10.0. The Bertz CT molecular complexity index is 238. The van der Waals surface area contributed by atoms with Gasteiger partial charge in [-0.2, -0.15) is 0 Å². The summed E-state index contributed by atoms with van der Waals surface area (Å²) >= 11 is 0. The van der Waals surface area contributed by atoms with E-state index >= 15 is 0 Å². The first-order valence-electron chi connectivity index (χ1n) is 4.72. The number of hydrogen-bond donors (Lipinski definition) is 0. The Morgan fingerprint density at radius 2 is 2.33 bits per heavy atom. The molecule has 0 spiro atoms. The summed E-state index contributed by atoms with van der Waals surface area (Å²) in [7, 11) is 0. The fraction of sp³-hybridized carbons (Fsp3) is 0.700. The van der Waals surface area contributed by atoms with Gasteiger partial charge in [-0.15, -0.1) is 0 Å². The molecule has 0 aromatic rings. The summed E-state index contributed by atoms with van der Waals surface area (Å²) in [6.07, 6.45) is 3.27. The highest BCUT2D eigenvalue weighted by atomic mass is 15.2. The number of aliphatic imine (C=N–C) groups is 1. The van der Waals surface area contributed by atoms with E-state index < -0.39 is 0 Å². The predicted molar refractivity (Wildman–Crippen MR) is 51.7 cm³/mol. The lowest BCUT2D eigenvalue weighted by Crippen LogP contribution is -2.37. The molecule has 0 saturated heterocycles. The lowest BCUT2D eigenvalue weighted by Gasteiger charge is -2.30. The van der Waals surface area contributed by atoms with E-state index in [1.54, 1.807) is 5.57 Å². The van der Waals surface area contributed by atoms with E-state index in [-0.39, 0.29) is 0 Å². The minimum absolute atomic E-state index is 0.680. The molecule has 2 aliphatic heterocycles. The topological polar surface area (TPSA) is 15.6 Å². The molecule has 0 unspecified atom stereocenters. The van der Waals surface area contributed by atoms with Crippen molar-refractivity contribution < 1.29 is 0 Å². The van der Waals surface area contributed by atoms with Gasteiger partial charge in [0.15, 0.2) is 0 Å². The highest BCUT2D eigenvalue weighted by molar-refractivity contribution is 5.83. The third-order valence-electron chi connectivity index (χ3n) is 2.78. The summed E-state index contributed by atoms with van der Waals surface area (Å²) in [5, 5.41) is 0. The average molecular weight is 164 g/mol. The summed E-state index contributed by atoms with van der Waals surface area (Å²) in [4.78, 5) is 6.82. The monoisotopic (exact) mass is 164 g/mol. The van der Waals surface area contributed by atoms with Crippen LogP contribution in [0.1, 0.15) is 20.3 Å². The third kappa shape index (κ3) is 1.31. The van der Waals surface area contributed by atoms with E-state index in [1.807, 2.05) is 0 Å². The first-order valence-corrected chi connectivity index (χ1v) is 4.72. The first-order chi connectivity index (χ1) is 5.77. The van der Waals surface area contributed by atoms with Crippen LogP contribution in [0, 0.1) is 0 Å². The van der Waals surface area contributed by atoms with Gasteiger partial charge in [0, 0.05) is 25.3 Å². The third-order valence-corrected chi connectivity index (χ3v) is 2.78. The van der Waals surface area contributed by atoms with Gasteiger partial charge in [-0.1, -0.05) is 0 Å². The summed E-state index contributed by atoms with van der Waals surface area (Å²) in [6, 6.07) is 0.680. The van der Waals surface area contributed by atoms with Crippen LogP contribution in [0.15, 0.2) is 16.1 Å². The molecule has 66 valence electrons. The summed E-state index contributed by atoms with van der Waals surface area (Å²) in [5.41, 5.74) is 3.06. The van der Waals surface area contributed by atoms with Gasteiger partial charge in [-0.05, 0) is 31.4 Å². The minimum atomic E-state index is 0.680. The van der Waals surface area contributed by atoms with Crippen LogP contribution in [0.5, 0.6) is 0 Å². The van der Waals surface area contributed by atoms with Gasteiger partial charge in [0.1, 0.15) is 0 Å². The molecule has 0 aromatic carbocycles. The molecule has 2 heterocycles. The van der Waals surface area contributed by atoms with Crippen LogP contribution >= 0.6 is 0 Å². The van der Waals surface area contributed by atoms with Crippen molar-refractivity contribution in [2.24, 2.45) is 4.99 Å². The highest BCUT2D eigenvalue weighted by Gasteiger charge is 2.21. The van der Waals surface area contributed by atoms with Crippen LogP contribution in [-0.4, -0.2) is 36.8 Å². The molecule has 0 amide bonds. The molecule has 2 nitrogen and oxygen atoms in total. The van der Waals surface area contributed by atoms with Crippen molar-refractivity contribution in [2.45, 2.75) is 26.3 Å². The zero-order chi connectivity index (χ0) is 8.55. The standard InChI is InChI=1S/C10H16N2/c1-8(2)12-4-3-9-5-11-6-10(9)7-12/h5,8H,3-4,6-7H2,1-2H3. The van der Waals surface area contributed by atoms with Gasteiger partial charge in [0.25, 0.3) is 0 Å². The number of hydrogen-bond acceptors (Lipinski definition) is 2. The van der Waals surface area contributed by atoms with E-state index in [4.69, 9.17) is 0 Å². The molecule has 0 bridgehead atoms. The van der Waals surface area contributed by atoms with E-state index in [0.717, 1.165) is 13.1 Å². The Balaban J connectivity index is 2.06. The summed E-state index contributed by atoms with van der Waals surface area (Å²) in [6.45, 7) is 7.84. The maximum Gasteiger partial charge on any atom is 0.0618 e. The molecule has 0 N–H and O–H groups in total. The second kappa shape index (κ2) is 3.02. The summed E-state index contributed by atoms with van der Waals surface area (Å²) < 4.78 is 0. The molecule has 0 aromatic heterocycles. The molecular weight excluding hydrogens is 148 g/mol. The van der Waals surface area contributed by atoms with E-state index in [9.17, 15) is 0 Å². The zero-order valence-electron chi connectivity index (χ0n) is 7.88. The SMILES string of the molecule is CC(C)N1CCC2=C(CN=C2)C1. The molecule has 0 radical (unpaired) electrons. The van der Waals surface area contributed by atoms with Gasteiger partial charge in [-0.3, -0.25) is 9.89 Å². The number of nitrogens with zero attached hydrogens (tertiary/aromatic N) is 2. The van der Waals surface area contributed by atoms with E-state index in [0.29, 0.717) is 6.04 Å². The first kappa shape index (κ1) is 7.99. The van der Waals surface area contributed by atoms with Crippen LogP contribution in [0.4, 0.5) is 0 Å². The molecule has 2 aliphatic rings. The van der Waals surface area contributed by atoms with Crippen LogP contribution < -0.4 is 0 Å². The van der Waals surface area contributed by atoms with Crippen LogP contribution in [0.2, 0.25) is 0 Å². The molecule has 0 fully saturated rings. The normalized spacial score (nSPS) is 23.9. The van der Waals surface area contributed by atoms with Gasteiger partial charge in [0.05, 0.1) is 6.54 Å². The minimum Gasteiger partial charge on any atom is -0.297 e. The Morgan fingerprint density at radius 1 is 1.50 bits per heavy atom. The van der Waals surface area contributed by atoms with Crippen molar-refractivity contribution in [1.82, 2.24) is 4.90 Å². The van der Waals surface area contributed by atoms with Gasteiger partial charge < -0.3 is 0 Å². The van der Waals surface area contributed by atoms with Crippen LogP contribution in [-0.2, 0) is 0 Å². The van der Waals surface area contributed by atoms with Crippen molar-refractivity contribution in [2.75, 3.05) is 19.6 Å². The Labute approximate surface area is 74.0 Å². The Hall–Kier alpha value is -0.630. The second-order valence-electron chi connectivity index (χ2n) is 3.91. The molecule has 0 saturated carbocycles. The number of rotatable bonds is 1. The Morgan fingerprint density at radius 3 is 3.08 bits per heavy atom. The molecule has 0 atom stereocenters. The maximum atomic E-state index is 4.30. The fourth-order valence-electron chi connectivity index (χ4n) is 1.88. The second-order valence-corrected chi connectivity index (χ2v) is 3.91. The summed E-state index contributed by atoms with van der Waals surface area (Å²) in [5.74, 6) is 0. The quantitative estimate of drug-likeness (QED) is 0.573.